The Bertz CT molecular complexity index is 507. The average molecular weight is 293 g/mol. The molecule has 1 atom stereocenters. The number of benzene rings is 1. The molecule has 5 nitrogen and oxygen atoms in total. The van der Waals surface area contributed by atoms with Gasteiger partial charge in [-0.25, -0.2) is 4.79 Å². The van der Waals surface area contributed by atoms with Crippen LogP contribution in [0.15, 0.2) is 18.2 Å². The van der Waals surface area contributed by atoms with Crippen molar-refractivity contribution in [3.8, 4) is 5.75 Å². The number of β-amino-alcohol motifs (C(OH)–C–C–N with tert-alkyl or cyclic N) is 1. The molecule has 2 rings (SSSR count). The van der Waals surface area contributed by atoms with Gasteiger partial charge in [0.1, 0.15) is 24.0 Å². The maximum atomic E-state index is 11.8. The molecule has 1 aromatic rings. The summed E-state index contributed by atoms with van der Waals surface area (Å²) in [5, 5.41) is 13.1. The van der Waals surface area contributed by atoms with Gasteiger partial charge < -0.3 is 19.9 Å². The number of aliphatic hydroxyl groups is 1. The van der Waals surface area contributed by atoms with Gasteiger partial charge >= 0.3 is 5.97 Å². The first kappa shape index (κ1) is 15.8. The first-order valence-corrected chi connectivity index (χ1v) is 7.22. The van der Waals surface area contributed by atoms with Gasteiger partial charge in [-0.15, -0.1) is 0 Å². The molecule has 1 unspecified atom stereocenters. The van der Waals surface area contributed by atoms with Crippen molar-refractivity contribution in [1.82, 2.24) is 5.32 Å². The second-order valence-corrected chi connectivity index (χ2v) is 6.27. The van der Waals surface area contributed by atoms with E-state index < -0.39 is 6.10 Å². The molecular formula is C16H23NO4. The molecule has 5 heteroatoms. The van der Waals surface area contributed by atoms with Crippen LogP contribution in [0.5, 0.6) is 5.75 Å². The zero-order valence-electron chi connectivity index (χ0n) is 12.8. The molecule has 0 radical (unpaired) electrons. The van der Waals surface area contributed by atoms with Crippen LogP contribution < -0.4 is 10.1 Å². The number of hydrogen-bond acceptors (Lipinski definition) is 5. The SMILES string of the molecule is CC(C)(C)NCC(O)COc1cccc2c1C(=O)OCC2. The predicted molar refractivity (Wildman–Crippen MR) is 79.7 cm³/mol. The number of nitrogens with one attached hydrogen (secondary N) is 1. The summed E-state index contributed by atoms with van der Waals surface area (Å²) in [6, 6.07) is 5.49. The second kappa shape index (κ2) is 6.45. The van der Waals surface area contributed by atoms with E-state index in [2.05, 4.69) is 5.32 Å². The molecule has 1 aliphatic rings. The van der Waals surface area contributed by atoms with Crippen LogP contribution in [0, 0.1) is 0 Å². The topological polar surface area (TPSA) is 67.8 Å². The molecule has 1 aliphatic heterocycles. The zero-order chi connectivity index (χ0) is 15.5. The van der Waals surface area contributed by atoms with Crippen molar-refractivity contribution < 1.29 is 19.4 Å². The third-order valence-electron chi connectivity index (χ3n) is 3.22. The molecule has 0 fully saturated rings. The Kier molecular flexibility index (Phi) is 4.85. The van der Waals surface area contributed by atoms with E-state index in [9.17, 15) is 9.90 Å². The lowest BCUT2D eigenvalue weighted by Gasteiger charge is -2.23. The number of hydrogen-bond donors (Lipinski definition) is 2. The standard InChI is InChI=1S/C16H23NO4/c1-16(2,3)17-9-12(18)10-21-13-6-4-5-11-7-8-20-15(19)14(11)13/h4-6,12,17-18H,7-10H2,1-3H3. The second-order valence-electron chi connectivity index (χ2n) is 6.27. The van der Waals surface area contributed by atoms with Crippen molar-refractivity contribution in [2.75, 3.05) is 19.8 Å². The summed E-state index contributed by atoms with van der Waals surface area (Å²) in [4.78, 5) is 11.8. The molecule has 0 aliphatic carbocycles. The molecule has 21 heavy (non-hydrogen) atoms. The highest BCUT2D eigenvalue weighted by Crippen LogP contribution is 2.27. The highest BCUT2D eigenvalue weighted by molar-refractivity contribution is 5.95. The van der Waals surface area contributed by atoms with Crippen LogP contribution in [0.2, 0.25) is 0 Å². The fraction of sp³-hybridized carbons (Fsp3) is 0.562. The van der Waals surface area contributed by atoms with Crippen molar-refractivity contribution in [3.05, 3.63) is 29.3 Å². The molecule has 1 heterocycles. The molecule has 0 spiro atoms. The highest BCUT2D eigenvalue weighted by atomic mass is 16.5. The van der Waals surface area contributed by atoms with Crippen molar-refractivity contribution >= 4 is 5.97 Å². The number of ether oxygens (including phenoxy) is 2. The van der Waals surface area contributed by atoms with Gasteiger partial charge in [0.05, 0.1) is 6.61 Å². The summed E-state index contributed by atoms with van der Waals surface area (Å²) in [5.74, 6) is 0.126. The van der Waals surface area contributed by atoms with Gasteiger partial charge in [0.15, 0.2) is 0 Å². The minimum Gasteiger partial charge on any atom is -0.490 e. The van der Waals surface area contributed by atoms with E-state index in [0.29, 0.717) is 30.9 Å². The van der Waals surface area contributed by atoms with Crippen molar-refractivity contribution in [2.45, 2.75) is 38.8 Å². The van der Waals surface area contributed by atoms with Gasteiger partial charge in [-0.05, 0) is 32.4 Å². The lowest BCUT2D eigenvalue weighted by Crippen LogP contribution is -2.42. The van der Waals surface area contributed by atoms with E-state index in [0.717, 1.165) is 5.56 Å². The number of carbonyl (C=O) groups excluding carboxylic acids is 1. The van der Waals surface area contributed by atoms with E-state index in [1.54, 1.807) is 6.07 Å². The maximum absolute atomic E-state index is 11.8. The van der Waals surface area contributed by atoms with Gasteiger partial charge in [0.25, 0.3) is 0 Å². The molecule has 0 saturated heterocycles. The quantitative estimate of drug-likeness (QED) is 0.806. The van der Waals surface area contributed by atoms with Crippen molar-refractivity contribution in [1.29, 1.82) is 0 Å². The summed E-state index contributed by atoms with van der Waals surface area (Å²) >= 11 is 0. The number of cyclic esters (lactones) is 1. The lowest BCUT2D eigenvalue weighted by atomic mass is 10.0. The molecule has 0 amide bonds. The molecule has 0 saturated carbocycles. The zero-order valence-corrected chi connectivity index (χ0v) is 12.8. The van der Waals surface area contributed by atoms with Crippen LogP contribution >= 0.6 is 0 Å². The van der Waals surface area contributed by atoms with E-state index >= 15 is 0 Å². The minimum absolute atomic E-state index is 0.0588. The van der Waals surface area contributed by atoms with Gasteiger partial charge in [-0.1, -0.05) is 12.1 Å². The van der Waals surface area contributed by atoms with Crippen LogP contribution in [0.1, 0.15) is 36.7 Å². The molecule has 0 aromatic heterocycles. The molecule has 1 aromatic carbocycles. The Labute approximate surface area is 125 Å². The summed E-state index contributed by atoms with van der Waals surface area (Å²) in [5.41, 5.74) is 1.36. The summed E-state index contributed by atoms with van der Waals surface area (Å²) in [7, 11) is 0. The Hall–Kier alpha value is -1.59. The first-order valence-electron chi connectivity index (χ1n) is 7.22. The fourth-order valence-electron chi connectivity index (χ4n) is 2.13. The van der Waals surface area contributed by atoms with Gasteiger partial charge in [0, 0.05) is 18.5 Å². The normalized spacial score (nSPS) is 16.1. The lowest BCUT2D eigenvalue weighted by molar-refractivity contribution is 0.0467. The number of esters is 1. The Morgan fingerprint density at radius 3 is 2.90 bits per heavy atom. The van der Waals surface area contributed by atoms with Gasteiger partial charge in [0.2, 0.25) is 0 Å². The third-order valence-corrected chi connectivity index (χ3v) is 3.22. The number of fused-ring (bicyclic) bond motifs is 1. The van der Waals surface area contributed by atoms with Crippen molar-refractivity contribution in [2.24, 2.45) is 0 Å². The van der Waals surface area contributed by atoms with E-state index in [1.165, 1.54) is 0 Å². The van der Waals surface area contributed by atoms with E-state index in [1.807, 2.05) is 32.9 Å². The minimum atomic E-state index is -0.639. The summed E-state index contributed by atoms with van der Waals surface area (Å²) in [6.07, 6.45) is 0.0616. The van der Waals surface area contributed by atoms with Gasteiger partial charge in [-0.3, -0.25) is 0 Å². The monoisotopic (exact) mass is 293 g/mol. The summed E-state index contributed by atoms with van der Waals surface area (Å²) < 4.78 is 10.7. The Balaban J connectivity index is 1.96. The molecule has 0 bridgehead atoms. The van der Waals surface area contributed by atoms with Crippen LogP contribution in [-0.4, -0.2) is 42.5 Å². The predicted octanol–water partition coefficient (Wildman–Crippen LogP) is 1.53. The molecule has 2 N–H and O–H groups in total. The van der Waals surface area contributed by atoms with Crippen LogP contribution in [-0.2, 0) is 11.2 Å². The highest BCUT2D eigenvalue weighted by Gasteiger charge is 2.23. The fourth-order valence-corrected chi connectivity index (χ4v) is 2.13. The van der Waals surface area contributed by atoms with Gasteiger partial charge in [-0.2, -0.15) is 0 Å². The number of aliphatic hydroxyl groups excluding tert-OH is 1. The van der Waals surface area contributed by atoms with Crippen LogP contribution in [0.4, 0.5) is 0 Å². The Morgan fingerprint density at radius 1 is 1.43 bits per heavy atom. The smallest absolute Gasteiger partial charge is 0.342 e. The largest absolute Gasteiger partial charge is 0.490 e. The van der Waals surface area contributed by atoms with Crippen LogP contribution in [0.25, 0.3) is 0 Å². The summed E-state index contributed by atoms with van der Waals surface area (Å²) in [6.45, 7) is 7.07. The molecular weight excluding hydrogens is 270 g/mol. The van der Waals surface area contributed by atoms with E-state index in [4.69, 9.17) is 9.47 Å². The van der Waals surface area contributed by atoms with Crippen LogP contribution in [0.3, 0.4) is 0 Å². The third kappa shape index (κ3) is 4.44. The first-order chi connectivity index (χ1) is 9.87. The molecule has 116 valence electrons. The average Bonchev–Trinajstić information content (AvgIpc) is 2.42. The Morgan fingerprint density at radius 2 is 2.19 bits per heavy atom. The van der Waals surface area contributed by atoms with Crippen molar-refractivity contribution in [3.63, 3.8) is 0 Å². The number of carbonyl (C=O) groups is 1. The maximum Gasteiger partial charge on any atom is 0.342 e. The number of rotatable bonds is 5. The van der Waals surface area contributed by atoms with E-state index in [-0.39, 0.29) is 18.1 Å².